The van der Waals surface area contributed by atoms with Gasteiger partial charge in [-0.15, -0.1) is 0 Å². The van der Waals surface area contributed by atoms with Crippen molar-refractivity contribution in [3.63, 3.8) is 0 Å². The monoisotopic (exact) mass is 304 g/mol. The number of carbonyl (C=O) groups is 1. The van der Waals surface area contributed by atoms with Gasteiger partial charge in [0.2, 0.25) is 0 Å². The highest BCUT2D eigenvalue weighted by molar-refractivity contribution is 9.10. The molecule has 92 valence electrons. The van der Waals surface area contributed by atoms with Gasteiger partial charge in [0.25, 0.3) is 0 Å². The number of halogens is 1. The fraction of sp³-hybridized carbons (Fsp3) is 0.214. The van der Waals surface area contributed by atoms with Gasteiger partial charge >= 0.3 is 0 Å². The predicted molar refractivity (Wildman–Crippen MR) is 73.7 cm³/mol. The molecule has 0 aliphatic heterocycles. The number of ketones is 1. The van der Waals surface area contributed by atoms with E-state index in [2.05, 4.69) is 26.1 Å². The number of aryl methyl sites for hydroxylation is 2. The summed E-state index contributed by atoms with van der Waals surface area (Å²) in [5.41, 5.74) is 3.09. The first-order chi connectivity index (χ1) is 8.56. The van der Waals surface area contributed by atoms with E-state index in [-0.39, 0.29) is 5.78 Å². The van der Waals surface area contributed by atoms with Crippen molar-refractivity contribution in [1.29, 1.82) is 0 Å². The van der Waals surface area contributed by atoms with Crippen LogP contribution in [0.1, 0.15) is 27.3 Å². The van der Waals surface area contributed by atoms with Crippen LogP contribution in [0.4, 0.5) is 0 Å². The molecule has 0 fully saturated rings. The summed E-state index contributed by atoms with van der Waals surface area (Å²) in [5.74, 6) is 0.0728. The van der Waals surface area contributed by atoms with Gasteiger partial charge in [-0.2, -0.15) is 10.2 Å². The molecule has 0 saturated heterocycles. The van der Waals surface area contributed by atoms with E-state index in [1.165, 1.54) is 0 Å². The smallest absolute Gasteiger partial charge is 0.169 e. The number of carbonyl (C=O) groups excluding carboxylic acids is 1. The van der Waals surface area contributed by atoms with Gasteiger partial charge in [0.1, 0.15) is 0 Å². The molecule has 0 bridgehead atoms. The van der Waals surface area contributed by atoms with E-state index < -0.39 is 0 Å². The molecule has 0 radical (unpaired) electrons. The lowest BCUT2D eigenvalue weighted by atomic mass is 10.0. The minimum absolute atomic E-state index is 0.0728. The molecule has 0 saturated carbocycles. The molecule has 1 aromatic heterocycles. The lowest BCUT2D eigenvalue weighted by molar-refractivity contribution is 0.0991. The van der Waals surface area contributed by atoms with E-state index in [9.17, 15) is 4.79 Å². The Kier molecular flexibility index (Phi) is 3.87. The van der Waals surface area contributed by atoms with Crippen molar-refractivity contribution in [3.8, 4) is 0 Å². The molecule has 0 aliphatic carbocycles. The van der Waals surface area contributed by atoms with Gasteiger partial charge in [-0.3, -0.25) is 4.79 Å². The lowest BCUT2D eigenvalue weighted by Crippen LogP contribution is -2.08. The summed E-state index contributed by atoms with van der Waals surface area (Å²) in [6.07, 6.45) is 0.380. The largest absolute Gasteiger partial charge is 0.294 e. The zero-order valence-electron chi connectivity index (χ0n) is 10.3. The molecule has 0 unspecified atom stereocenters. The molecular formula is C14H13BrN2O. The van der Waals surface area contributed by atoms with Crippen LogP contribution in [-0.4, -0.2) is 16.0 Å². The zero-order chi connectivity index (χ0) is 13.1. The van der Waals surface area contributed by atoms with Crippen molar-refractivity contribution in [2.75, 3.05) is 0 Å². The van der Waals surface area contributed by atoms with Crippen LogP contribution >= 0.6 is 15.9 Å². The summed E-state index contributed by atoms with van der Waals surface area (Å²) >= 11 is 3.40. The van der Waals surface area contributed by atoms with Crippen molar-refractivity contribution in [2.45, 2.75) is 20.3 Å². The molecule has 2 aromatic rings. The normalized spacial score (nSPS) is 10.4. The molecule has 4 heteroatoms. The van der Waals surface area contributed by atoms with E-state index in [1.54, 1.807) is 13.0 Å². The molecule has 0 spiro atoms. The standard InChI is InChI=1S/C14H13BrN2O/c1-9-6-13(10(2)17-16-9)14(18)8-11-4-3-5-12(15)7-11/h3-7H,8H2,1-2H3. The Morgan fingerprint density at radius 1 is 1.22 bits per heavy atom. The van der Waals surface area contributed by atoms with Gasteiger partial charge in [-0.1, -0.05) is 28.1 Å². The third kappa shape index (κ3) is 3.01. The maximum absolute atomic E-state index is 12.2. The van der Waals surface area contributed by atoms with Gasteiger partial charge in [-0.05, 0) is 37.6 Å². The Morgan fingerprint density at radius 2 is 2.00 bits per heavy atom. The summed E-state index contributed by atoms with van der Waals surface area (Å²) in [6.45, 7) is 3.64. The predicted octanol–water partition coefficient (Wildman–Crippen LogP) is 3.28. The number of aromatic nitrogens is 2. The molecule has 1 aromatic carbocycles. The quantitative estimate of drug-likeness (QED) is 0.817. The Bertz CT molecular complexity index is 596. The van der Waals surface area contributed by atoms with Crippen LogP contribution in [0.5, 0.6) is 0 Å². The Hall–Kier alpha value is -1.55. The highest BCUT2D eigenvalue weighted by atomic mass is 79.9. The highest BCUT2D eigenvalue weighted by Crippen LogP contribution is 2.15. The number of benzene rings is 1. The third-order valence-corrected chi connectivity index (χ3v) is 3.15. The van der Waals surface area contributed by atoms with E-state index >= 15 is 0 Å². The summed E-state index contributed by atoms with van der Waals surface area (Å²) in [5, 5.41) is 7.91. The van der Waals surface area contributed by atoms with Crippen molar-refractivity contribution in [3.05, 3.63) is 57.3 Å². The second-order valence-electron chi connectivity index (χ2n) is 4.21. The van der Waals surface area contributed by atoms with E-state index in [0.717, 1.165) is 15.7 Å². The minimum Gasteiger partial charge on any atom is -0.294 e. The SMILES string of the molecule is Cc1cc(C(=O)Cc2cccc(Br)c2)c(C)nn1. The first-order valence-electron chi connectivity index (χ1n) is 5.65. The number of rotatable bonds is 3. The number of nitrogens with zero attached hydrogens (tertiary/aromatic N) is 2. The molecule has 0 aliphatic rings. The molecule has 3 nitrogen and oxygen atoms in total. The number of Topliss-reactive ketones (excluding diaryl/α,β-unsaturated/α-hetero) is 1. The van der Waals surface area contributed by atoms with E-state index in [0.29, 0.717) is 17.7 Å². The zero-order valence-corrected chi connectivity index (χ0v) is 11.9. The molecule has 18 heavy (non-hydrogen) atoms. The molecule has 0 atom stereocenters. The maximum Gasteiger partial charge on any atom is 0.169 e. The number of hydrogen-bond donors (Lipinski definition) is 0. The van der Waals surface area contributed by atoms with Crippen molar-refractivity contribution in [2.24, 2.45) is 0 Å². The van der Waals surface area contributed by atoms with Crippen LogP contribution in [-0.2, 0) is 6.42 Å². The summed E-state index contributed by atoms with van der Waals surface area (Å²) in [4.78, 5) is 12.2. The summed E-state index contributed by atoms with van der Waals surface area (Å²) in [7, 11) is 0. The lowest BCUT2D eigenvalue weighted by Gasteiger charge is -2.05. The Morgan fingerprint density at radius 3 is 2.72 bits per heavy atom. The van der Waals surface area contributed by atoms with Crippen LogP contribution in [0.2, 0.25) is 0 Å². The molecule has 0 amide bonds. The Balaban J connectivity index is 2.24. The third-order valence-electron chi connectivity index (χ3n) is 2.65. The second kappa shape index (κ2) is 5.40. The van der Waals surface area contributed by atoms with Crippen LogP contribution in [0.15, 0.2) is 34.8 Å². The van der Waals surface area contributed by atoms with Crippen LogP contribution < -0.4 is 0 Å². The first kappa shape index (κ1) is 12.9. The Labute approximate surface area is 114 Å². The first-order valence-corrected chi connectivity index (χ1v) is 6.44. The minimum atomic E-state index is 0.0728. The van der Waals surface area contributed by atoms with Gasteiger partial charge in [0, 0.05) is 16.5 Å². The van der Waals surface area contributed by atoms with Crippen molar-refractivity contribution >= 4 is 21.7 Å². The van der Waals surface area contributed by atoms with Crippen molar-refractivity contribution in [1.82, 2.24) is 10.2 Å². The number of hydrogen-bond acceptors (Lipinski definition) is 3. The van der Waals surface area contributed by atoms with Crippen LogP contribution in [0.3, 0.4) is 0 Å². The maximum atomic E-state index is 12.2. The van der Waals surface area contributed by atoms with Crippen LogP contribution in [0, 0.1) is 13.8 Å². The van der Waals surface area contributed by atoms with Crippen molar-refractivity contribution < 1.29 is 4.79 Å². The topological polar surface area (TPSA) is 42.9 Å². The summed E-state index contributed by atoms with van der Waals surface area (Å²) < 4.78 is 0.980. The second-order valence-corrected chi connectivity index (χ2v) is 5.13. The van der Waals surface area contributed by atoms with Crippen LogP contribution in [0.25, 0.3) is 0 Å². The summed E-state index contributed by atoms with van der Waals surface area (Å²) in [6, 6.07) is 9.56. The average Bonchev–Trinajstić information content (AvgIpc) is 2.32. The van der Waals surface area contributed by atoms with Gasteiger partial charge in [-0.25, -0.2) is 0 Å². The van der Waals surface area contributed by atoms with E-state index in [4.69, 9.17) is 0 Å². The fourth-order valence-corrected chi connectivity index (χ4v) is 2.21. The molecule has 2 rings (SSSR count). The van der Waals surface area contributed by atoms with Gasteiger partial charge in [0.15, 0.2) is 5.78 Å². The fourth-order valence-electron chi connectivity index (χ4n) is 1.76. The highest BCUT2D eigenvalue weighted by Gasteiger charge is 2.12. The van der Waals surface area contributed by atoms with Gasteiger partial charge < -0.3 is 0 Å². The van der Waals surface area contributed by atoms with E-state index in [1.807, 2.05) is 31.2 Å². The average molecular weight is 305 g/mol. The molecule has 1 heterocycles. The molecular weight excluding hydrogens is 292 g/mol. The van der Waals surface area contributed by atoms with Gasteiger partial charge in [0.05, 0.1) is 11.4 Å². The molecule has 0 N–H and O–H groups in total.